The predicted octanol–water partition coefficient (Wildman–Crippen LogP) is 2.05. The molecular weight excluding hydrogens is 384 g/mol. The number of likely N-dealkylation sites (N-methyl/N-ethyl adjacent to an activating group) is 1. The highest BCUT2D eigenvalue weighted by atomic mass is 32.2. The van der Waals surface area contributed by atoms with Crippen LogP contribution in [0.3, 0.4) is 0 Å². The molecule has 1 aromatic heterocycles. The Balaban J connectivity index is 1.89. The summed E-state index contributed by atoms with van der Waals surface area (Å²) in [4.78, 5) is 12.9. The Bertz CT molecular complexity index is 964. The number of nitrogens with one attached hydrogen (secondary N) is 1. The van der Waals surface area contributed by atoms with Gasteiger partial charge in [0.25, 0.3) is 5.69 Å². The van der Waals surface area contributed by atoms with E-state index in [1.165, 1.54) is 16.4 Å². The van der Waals surface area contributed by atoms with Crippen LogP contribution < -0.4 is 5.32 Å². The molecule has 0 unspecified atom stereocenters. The zero-order chi connectivity index (χ0) is 20.5. The summed E-state index contributed by atoms with van der Waals surface area (Å²) in [5, 5.41) is 18.7. The number of nitro benzene ring substituents is 1. The van der Waals surface area contributed by atoms with E-state index in [1.54, 1.807) is 17.1 Å². The standard InChI is InChI=1S/C17H24N6O4S/c1-13(2)22-12-14(11-18-22)19-16-5-4-15(10-17(16)23(24)25)28(26,27)21-8-6-20(3)7-9-21/h4-5,10-13,19H,6-9H2,1-3H3. The lowest BCUT2D eigenvalue weighted by Gasteiger charge is -2.31. The summed E-state index contributed by atoms with van der Waals surface area (Å²) in [5.74, 6) is 0. The zero-order valence-corrected chi connectivity index (χ0v) is 16.9. The summed E-state index contributed by atoms with van der Waals surface area (Å²) in [5.41, 5.74) is 0.504. The molecule has 1 N–H and O–H groups in total. The fourth-order valence-electron chi connectivity index (χ4n) is 2.95. The molecule has 1 saturated heterocycles. The maximum Gasteiger partial charge on any atom is 0.294 e. The van der Waals surface area contributed by atoms with Gasteiger partial charge in [0.05, 0.1) is 21.7 Å². The molecular formula is C17H24N6O4S. The van der Waals surface area contributed by atoms with Crippen LogP contribution in [0.4, 0.5) is 17.1 Å². The Morgan fingerprint density at radius 3 is 2.46 bits per heavy atom. The Hall–Kier alpha value is -2.50. The van der Waals surface area contributed by atoms with E-state index in [0.29, 0.717) is 31.9 Å². The van der Waals surface area contributed by atoms with Gasteiger partial charge in [-0.2, -0.15) is 9.40 Å². The van der Waals surface area contributed by atoms with Gasteiger partial charge in [0.1, 0.15) is 5.69 Å². The number of nitro groups is 1. The largest absolute Gasteiger partial charge is 0.347 e. The fraction of sp³-hybridized carbons (Fsp3) is 0.471. The van der Waals surface area contributed by atoms with Crippen LogP contribution in [-0.4, -0.2) is 65.6 Å². The molecule has 10 nitrogen and oxygen atoms in total. The molecule has 0 spiro atoms. The van der Waals surface area contributed by atoms with Crippen LogP contribution >= 0.6 is 0 Å². The average Bonchev–Trinajstić information content (AvgIpc) is 3.11. The van der Waals surface area contributed by atoms with Crippen molar-refractivity contribution >= 4 is 27.1 Å². The van der Waals surface area contributed by atoms with Crippen molar-refractivity contribution in [1.82, 2.24) is 19.0 Å². The Morgan fingerprint density at radius 1 is 1.21 bits per heavy atom. The van der Waals surface area contributed by atoms with E-state index in [9.17, 15) is 18.5 Å². The minimum Gasteiger partial charge on any atom is -0.347 e. The average molecular weight is 408 g/mol. The van der Waals surface area contributed by atoms with Crippen molar-refractivity contribution in [2.24, 2.45) is 0 Å². The lowest BCUT2D eigenvalue weighted by atomic mass is 10.2. The minimum atomic E-state index is -3.78. The van der Waals surface area contributed by atoms with E-state index >= 15 is 0 Å². The highest BCUT2D eigenvalue weighted by molar-refractivity contribution is 7.89. The topological polar surface area (TPSA) is 114 Å². The second-order valence-corrected chi connectivity index (χ2v) is 9.01. The maximum absolute atomic E-state index is 12.9. The van der Waals surface area contributed by atoms with E-state index in [2.05, 4.69) is 10.4 Å². The summed E-state index contributed by atoms with van der Waals surface area (Å²) in [6.07, 6.45) is 3.31. The fourth-order valence-corrected chi connectivity index (χ4v) is 4.39. The molecule has 11 heteroatoms. The third-order valence-electron chi connectivity index (χ3n) is 4.68. The first-order chi connectivity index (χ1) is 13.2. The van der Waals surface area contributed by atoms with E-state index in [4.69, 9.17) is 0 Å². The number of aromatic nitrogens is 2. The van der Waals surface area contributed by atoms with Crippen LogP contribution in [-0.2, 0) is 10.0 Å². The molecule has 28 heavy (non-hydrogen) atoms. The lowest BCUT2D eigenvalue weighted by Crippen LogP contribution is -2.47. The number of hydrogen-bond acceptors (Lipinski definition) is 7. The SMILES string of the molecule is CC(C)n1cc(Nc2ccc(S(=O)(=O)N3CCN(C)CC3)cc2[N+](=O)[O-])cn1. The van der Waals surface area contributed by atoms with E-state index < -0.39 is 14.9 Å². The van der Waals surface area contributed by atoms with Crippen LogP contribution in [0.25, 0.3) is 0 Å². The number of piperazine rings is 1. The number of rotatable bonds is 6. The van der Waals surface area contributed by atoms with Crippen molar-refractivity contribution in [3.63, 3.8) is 0 Å². The van der Waals surface area contributed by atoms with Gasteiger partial charge in [0.2, 0.25) is 10.0 Å². The second-order valence-electron chi connectivity index (χ2n) is 7.07. The van der Waals surface area contributed by atoms with E-state index in [0.717, 1.165) is 6.07 Å². The molecule has 2 heterocycles. The summed E-state index contributed by atoms with van der Waals surface area (Å²) in [7, 11) is -1.85. The van der Waals surface area contributed by atoms with Crippen molar-refractivity contribution in [3.8, 4) is 0 Å². The minimum absolute atomic E-state index is 0.0767. The molecule has 0 aliphatic carbocycles. The van der Waals surface area contributed by atoms with Gasteiger partial charge in [-0.1, -0.05) is 0 Å². The summed E-state index contributed by atoms with van der Waals surface area (Å²) >= 11 is 0. The highest BCUT2D eigenvalue weighted by Gasteiger charge is 2.29. The molecule has 1 aliphatic heterocycles. The van der Waals surface area contributed by atoms with Gasteiger partial charge >= 0.3 is 0 Å². The molecule has 1 aliphatic rings. The Labute approximate surface area is 163 Å². The van der Waals surface area contributed by atoms with Crippen LogP contribution in [0.1, 0.15) is 19.9 Å². The molecule has 1 fully saturated rings. The van der Waals surface area contributed by atoms with Crippen LogP contribution in [0.2, 0.25) is 0 Å². The lowest BCUT2D eigenvalue weighted by molar-refractivity contribution is -0.384. The highest BCUT2D eigenvalue weighted by Crippen LogP contribution is 2.31. The Kier molecular flexibility index (Phi) is 5.68. The molecule has 0 bridgehead atoms. The molecule has 0 radical (unpaired) electrons. The molecule has 0 atom stereocenters. The summed E-state index contributed by atoms with van der Waals surface area (Å²) in [6.45, 7) is 5.91. The quantitative estimate of drug-likeness (QED) is 0.575. The van der Waals surface area contributed by atoms with Crippen molar-refractivity contribution in [2.75, 3.05) is 38.5 Å². The van der Waals surface area contributed by atoms with Crippen molar-refractivity contribution < 1.29 is 13.3 Å². The summed E-state index contributed by atoms with van der Waals surface area (Å²) < 4.78 is 28.8. The van der Waals surface area contributed by atoms with Gasteiger partial charge in [0, 0.05) is 44.5 Å². The first-order valence-electron chi connectivity index (χ1n) is 8.97. The van der Waals surface area contributed by atoms with E-state index in [1.807, 2.05) is 25.8 Å². The predicted molar refractivity (Wildman–Crippen MR) is 105 cm³/mol. The molecule has 3 rings (SSSR count). The van der Waals surface area contributed by atoms with Crippen molar-refractivity contribution in [3.05, 3.63) is 40.7 Å². The van der Waals surface area contributed by atoms with Crippen molar-refractivity contribution in [2.45, 2.75) is 24.8 Å². The number of anilines is 2. The van der Waals surface area contributed by atoms with Gasteiger partial charge in [-0.05, 0) is 33.0 Å². The summed E-state index contributed by atoms with van der Waals surface area (Å²) in [6, 6.07) is 4.09. The van der Waals surface area contributed by atoms with Crippen LogP contribution in [0.5, 0.6) is 0 Å². The first-order valence-corrected chi connectivity index (χ1v) is 10.4. The number of sulfonamides is 1. The van der Waals surface area contributed by atoms with Gasteiger partial charge in [-0.3, -0.25) is 14.8 Å². The van der Waals surface area contributed by atoms with Gasteiger partial charge in [-0.25, -0.2) is 8.42 Å². The second kappa shape index (κ2) is 7.86. The first kappa shape index (κ1) is 20.2. The molecule has 0 saturated carbocycles. The number of hydrogen-bond donors (Lipinski definition) is 1. The normalized spacial score (nSPS) is 16.4. The number of benzene rings is 1. The third-order valence-corrected chi connectivity index (χ3v) is 6.57. The van der Waals surface area contributed by atoms with Crippen LogP contribution in [0.15, 0.2) is 35.5 Å². The zero-order valence-electron chi connectivity index (χ0n) is 16.1. The van der Waals surface area contributed by atoms with Gasteiger partial charge in [0.15, 0.2) is 0 Å². The maximum atomic E-state index is 12.9. The molecule has 2 aromatic rings. The number of nitrogens with zero attached hydrogens (tertiary/aromatic N) is 5. The monoisotopic (exact) mass is 408 g/mol. The van der Waals surface area contributed by atoms with Gasteiger partial charge in [-0.15, -0.1) is 0 Å². The molecule has 1 aromatic carbocycles. The van der Waals surface area contributed by atoms with Crippen LogP contribution in [0, 0.1) is 10.1 Å². The van der Waals surface area contributed by atoms with Crippen molar-refractivity contribution in [1.29, 1.82) is 0 Å². The molecule has 152 valence electrons. The molecule has 0 amide bonds. The smallest absolute Gasteiger partial charge is 0.294 e. The van der Waals surface area contributed by atoms with Gasteiger partial charge < -0.3 is 10.2 Å². The Morgan fingerprint density at radius 2 is 1.89 bits per heavy atom. The third kappa shape index (κ3) is 4.16. The van der Waals surface area contributed by atoms with E-state index in [-0.39, 0.29) is 22.3 Å².